The normalized spacial score (nSPS) is 17.8. The second-order valence-corrected chi connectivity index (χ2v) is 6.19. The number of nitrogens with zero attached hydrogens (tertiary/aromatic N) is 4. The van der Waals surface area contributed by atoms with E-state index < -0.39 is 0 Å². The Morgan fingerprint density at radius 2 is 2.00 bits per heavy atom. The topological polar surface area (TPSA) is 41.5 Å². The summed E-state index contributed by atoms with van der Waals surface area (Å²) < 4.78 is 5.58. The number of ether oxygens (including phenoxy) is 1. The monoisotopic (exact) mass is 310 g/mol. The number of fused-ring (bicyclic) bond motifs is 1. The maximum absolute atomic E-state index is 5.58. The molecule has 3 heterocycles. The SMILES string of the molecule is c1cc(N2CCN(CCc3ccc4c(c3)CCO4)CC2)ncn1. The van der Waals surface area contributed by atoms with Crippen molar-refractivity contribution in [1.82, 2.24) is 14.9 Å². The lowest BCUT2D eigenvalue weighted by Crippen LogP contribution is -2.47. The number of piperazine rings is 1. The summed E-state index contributed by atoms with van der Waals surface area (Å²) in [6.45, 7) is 6.22. The molecule has 120 valence electrons. The Morgan fingerprint density at radius 1 is 1.09 bits per heavy atom. The van der Waals surface area contributed by atoms with E-state index in [1.54, 1.807) is 6.33 Å². The van der Waals surface area contributed by atoms with E-state index in [1.807, 2.05) is 12.3 Å². The van der Waals surface area contributed by atoms with Gasteiger partial charge in [-0.1, -0.05) is 12.1 Å². The molecule has 0 aliphatic carbocycles. The van der Waals surface area contributed by atoms with Gasteiger partial charge in [-0.05, 0) is 29.7 Å². The predicted molar refractivity (Wildman–Crippen MR) is 90.0 cm³/mol. The largest absolute Gasteiger partial charge is 0.493 e. The number of anilines is 1. The molecule has 1 saturated heterocycles. The van der Waals surface area contributed by atoms with E-state index in [4.69, 9.17) is 4.74 Å². The van der Waals surface area contributed by atoms with Crippen molar-refractivity contribution in [2.45, 2.75) is 12.8 Å². The van der Waals surface area contributed by atoms with Crippen LogP contribution in [0.1, 0.15) is 11.1 Å². The van der Waals surface area contributed by atoms with E-state index in [9.17, 15) is 0 Å². The first-order chi connectivity index (χ1) is 11.4. The predicted octanol–water partition coefficient (Wildman–Crippen LogP) is 1.78. The third-order valence-corrected chi connectivity index (χ3v) is 4.73. The van der Waals surface area contributed by atoms with Crippen LogP contribution >= 0.6 is 0 Å². The Morgan fingerprint density at radius 3 is 2.83 bits per heavy atom. The van der Waals surface area contributed by atoms with E-state index >= 15 is 0 Å². The Labute approximate surface area is 136 Å². The summed E-state index contributed by atoms with van der Waals surface area (Å²) in [4.78, 5) is 13.2. The highest BCUT2D eigenvalue weighted by Gasteiger charge is 2.18. The summed E-state index contributed by atoms with van der Waals surface area (Å²) in [6, 6.07) is 8.65. The van der Waals surface area contributed by atoms with Gasteiger partial charge in [-0.3, -0.25) is 4.90 Å². The van der Waals surface area contributed by atoms with Gasteiger partial charge >= 0.3 is 0 Å². The van der Waals surface area contributed by atoms with Crippen LogP contribution in [0, 0.1) is 0 Å². The van der Waals surface area contributed by atoms with Crippen LogP contribution in [0.4, 0.5) is 5.82 Å². The summed E-state index contributed by atoms with van der Waals surface area (Å²) in [7, 11) is 0. The van der Waals surface area contributed by atoms with Crippen LogP contribution in [0.5, 0.6) is 5.75 Å². The van der Waals surface area contributed by atoms with Crippen LogP contribution in [0.25, 0.3) is 0 Å². The molecule has 0 amide bonds. The van der Waals surface area contributed by atoms with Crippen LogP contribution in [-0.4, -0.2) is 54.2 Å². The molecular weight excluding hydrogens is 288 g/mol. The van der Waals surface area contributed by atoms with E-state index in [-0.39, 0.29) is 0 Å². The van der Waals surface area contributed by atoms with Crippen molar-refractivity contribution in [3.05, 3.63) is 47.9 Å². The molecule has 0 atom stereocenters. The average Bonchev–Trinajstić information content (AvgIpc) is 3.09. The smallest absolute Gasteiger partial charge is 0.131 e. The van der Waals surface area contributed by atoms with Crippen molar-refractivity contribution in [1.29, 1.82) is 0 Å². The minimum atomic E-state index is 0.837. The van der Waals surface area contributed by atoms with Gasteiger partial charge in [0.25, 0.3) is 0 Å². The van der Waals surface area contributed by atoms with Crippen LogP contribution in [-0.2, 0) is 12.8 Å². The fraction of sp³-hybridized carbons (Fsp3) is 0.444. The van der Waals surface area contributed by atoms with E-state index in [0.717, 1.165) is 63.7 Å². The maximum atomic E-state index is 5.58. The van der Waals surface area contributed by atoms with Gasteiger partial charge in [-0.15, -0.1) is 0 Å². The van der Waals surface area contributed by atoms with Gasteiger partial charge in [0.1, 0.15) is 17.9 Å². The summed E-state index contributed by atoms with van der Waals surface area (Å²) in [5, 5.41) is 0. The Hall–Kier alpha value is -2.14. The summed E-state index contributed by atoms with van der Waals surface area (Å²) in [6.07, 6.45) is 5.60. The van der Waals surface area contributed by atoms with Crippen molar-refractivity contribution >= 4 is 5.82 Å². The van der Waals surface area contributed by atoms with Crippen LogP contribution < -0.4 is 9.64 Å². The zero-order valence-electron chi connectivity index (χ0n) is 13.3. The Bertz CT molecular complexity index is 653. The lowest BCUT2D eigenvalue weighted by Gasteiger charge is -2.35. The molecule has 5 nitrogen and oxygen atoms in total. The second kappa shape index (κ2) is 6.54. The summed E-state index contributed by atoms with van der Waals surface area (Å²) in [5.74, 6) is 2.12. The molecule has 0 bridgehead atoms. The fourth-order valence-electron chi connectivity index (χ4n) is 3.35. The fourth-order valence-corrected chi connectivity index (χ4v) is 3.35. The van der Waals surface area contributed by atoms with E-state index in [2.05, 4.69) is 38.0 Å². The Kier molecular flexibility index (Phi) is 4.11. The van der Waals surface area contributed by atoms with Crippen molar-refractivity contribution < 1.29 is 4.74 Å². The van der Waals surface area contributed by atoms with Gasteiger partial charge in [0.05, 0.1) is 6.61 Å². The first-order valence-corrected chi connectivity index (χ1v) is 8.36. The molecule has 2 aliphatic rings. The highest BCUT2D eigenvalue weighted by molar-refractivity contribution is 5.40. The molecule has 0 unspecified atom stereocenters. The molecule has 0 N–H and O–H groups in total. The van der Waals surface area contributed by atoms with E-state index in [1.165, 1.54) is 11.1 Å². The third-order valence-electron chi connectivity index (χ3n) is 4.73. The third kappa shape index (κ3) is 3.29. The molecule has 1 aromatic heterocycles. The first-order valence-electron chi connectivity index (χ1n) is 8.36. The minimum absolute atomic E-state index is 0.837. The highest BCUT2D eigenvalue weighted by Crippen LogP contribution is 2.26. The van der Waals surface area contributed by atoms with Gasteiger partial charge in [-0.25, -0.2) is 9.97 Å². The highest BCUT2D eigenvalue weighted by atomic mass is 16.5. The lowest BCUT2D eigenvalue weighted by molar-refractivity contribution is 0.260. The molecule has 1 fully saturated rings. The first kappa shape index (κ1) is 14.5. The van der Waals surface area contributed by atoms with E-state index in [0.29, 0.717) is 0 Å². The van der Waals surface area contributed by atoms with Gasteiger partial charge in [-0.2, -0.15) is 0 Å². The maximum Gasteiger partial charge on any atom is 0.131 e. The van der Waals surface area contributed by atoms with Gasteiger partial charge < -0.3 is 9.64 Å². The van der Waals surface area contributed by atoms with Crippen molar-refractivity contribution in [2.24, 2.45) is 0 Å². The molecule has 5 heteroatoms. The molecule has 1 aromatic carbocycles. The summed E-state index contributed by atoms with van der Waals surface area (Å²) in [5.41, 5.74) is 2.79. The van der Waals surface area contributed by atoms with Gasteiger partial charge in [0, 0.05) is 45.3 Å². The molecule has 2 aromatic rings. The molecule has 0 spiro atoms. The minimum Gasteiger partial charge on any atom is -0.493 e. The van der Waals surface area contributed by atoms with Crippen molar-refractivity contribution in [2.75, 3.05) is 44.2 Å². The molecule has 0 radical (unpaired) electrons. The standard InChI is InChI=1S/C18H22N4O/c1-2-17-16(5-12-23-17)13-15(1)4-7-21-8-10-22(11-9-21)18-3-6-19-14-20-18/h1-3,6,13-14H,4-5,7-12H2. The zero-order valence-corrected chi connectivity index (χ0v) is 13.3. The Balaban J connectivity index is 1.28. The van der Waals surface area contributed by atoms with Crippen molar-refractivity contribution in [3.63, 3.8) is 0 Å². The molecular formula is C18H22N4O. The number of benzene rings is 1. The van der Waals surface area contributed by atoms with Crippen molar-refractivity contribution in [3.8, 4) is 5.75 Å². The van der Waals surface area contributed by atoms with Crippen LogP contribution in [0.2, 0.25) is 0 Å². The molecule has 4 rings (SSSR count). The molecule has 2 aliphatic heterocycles. The number of hydrogen-bond donors (Lipinski definition) is 0. The summed E-state index contributed by atoms with van der Waals surface area (Å²) >= 11 is 0. The number of hydrogen-bond acceptors (Lipinski definition) is 5. The van der Waals surface area contributed by atoms with Crippen LogP contribution in [0.15, 0.2) is 36.8 Å². The zero-order chi connectivity index (χ0) is 15.5. The molecule has 0 saturated carbocycles. The number of rotatable bonds is 4. The van der Waals surface area contributed by atoms with Gasteiger partial charge in [0.2, 0.25) is 0 Å². The average molecular weight is 310 g/mol. The van der Waals surface area contributed by atoms with Gasteiger partial charge in [0.15, 0.2) is 0 Å². The lowest BCUT2D eigenvalue weighted by atomic mass is 10.1. The quantitative estimate of drug-likeness (QED) is 0.861. The molecule has 23 heavy (non-hydrogen) atoms. The second-order valence-electron chi connectivity index (χ2n) is 6.19. The van der Waals surface area contributed by atoms with Crippen LogP contribution in [0.3, 0.4) is 0 Å². The number of aromatic nitrogens is 2.